The minimum Gasteiger partial charge on any atom is -0.329 e. The summed E-state index contributed by atoms with van der Waals surface area (Å²) in [5.41, 5.74) is 2.94. The molecular weight excluding hydrogens is 348 g/mol. The molecule has 1 unspecified atom stereocenters. The van der Waals surface area contributed by atoms with E-state index in [1.54, 1.807) is 0 Å². The number of carbonyl (C=O) groups excluding carboxylic acids is 1. The zero-order valence-corrected chi connectivity index (χ0v) is 17.9. The summed E-state index contributed by atoms with van der Waals surface area (Å²) >= 11 is 0. The van der Waals surface area contributed by atoms with Crippen molar-refractivity contribution in [2.24, 2.45) is 4.99 Å². The number of benzene rings is 1. The van der Waals surface area contributed by atoms with Crippen LogP contribution in [-0.4, -0.2) is 29.0 Å². The number of fused-ring (bicyclic) bond motifs is 1. The molecule has 0 saturated carbocycles. The Bertz CT molecular complexity index is 856. The lowest BCUT2D eigenvalue weighted by molar-refractivity contribution is 0.0935. The minimum absolute atomic E-state index is 0.0599. The van der Waals surface area contributed by atoms with E-state index in [4.69, 9.17) is 0 Å². The standard InChI is InChI=1S/C23H32N4O/c1-7-8-17-9-11-18(12-10-17)20(28)25-22-24-15-19-13-14-26(23(4,5)6)21(19)27(22)16(2)3/h9-16,22H,7-8H2,1-6H3,(H,25,28). The van der Waals surface area contributed by atoms with Crippen LogP contribution in [0.1, 0.15) is 69.4 Å². The maximum absolute atomic E-state index is 12.9. The molecular formula is C23H32N4O. The van der Waals surface area contributed by atoms with Crippen molar-refractivity contribution in [2.45, 2.75) is 72.3 Å². The number of hydrogen-bond donors (Lipinski definition) is 1. The average Bonchev–Trinajstić information content (AvgIpc) is 3.06. The maximum atomic E-state index is 12.9. The van der Waals surface area contributed by atoms with Crippen LogP contribution in [0.15, 0.2) is 41.5 Å². The van der Waals surface area contributed by atoms with Crippen molar-refractivity contribution in [1.29, 1.82) is 0 Å². The lowest BCUT2D eigenvalue weighted by Gasteiger charge is -2.40. The molecule has 1 aliphatic rings. The molecule has 1 aliphatic heterocycles. The van der Waals surface area contributed by atoms with Crippen LogP contribution in [-0.2, 0) is 12.0 Å². The van der Waals surface area contributed by atoms with Crippen molar-refractivity contribution < 1.29 is 4.79 Å². The smallest absolute Gasteiger partial charge is 0.254 e. The summed E-state index contributed by atoms with van der Waals surface area (Å²) < 4.78 is 2.26. The molecule has 1 amide bonds. The maximum Gasteiger partial charge on any atom is 0.254 e. The van der Waals surface area contributed by atoms with Gasteiger partial charge in [-0.05, 0) is 64.8 Å². The highest BCUT2D eigenvalue weighted by Gasteiger charge is 2.32. The van der Waals surface area contributed by atoms with Crippen molar-refractivity contribution in [3.05, 3.63) is 53.2 Å². The molecule has 0 radical (unpaired) electrons. The van der Waals surface area contributed by atoms with Gasteiger partial charge in [0, 0.05) is 35.1 Å². The zero-order chi connectivity index (χ0) is 20.5. The summed E-state index contributed by atoms with van der Waals surface area (Å²) in [6.07, 6.45) is 5.67. The number of aliphatic imine (C=N–C) groups is 1. The van der Waals surface area contributed by atoms with E-state index in [-0.39, 0.29) is 17.5 Å². The fourth-order valence-electron chi connectivity index (χ4n) is 3.64. The number of nitrogens with one attached hydrogen (secondary N) is 1. The van der Waals surface area contributed by atoms with E-state index < -0.39 is 6.29 Å². The highest BCUT2D eigenvalue weighted by Crippen LogP contribution is 2.33. The van der Waals surface area contributed by atoms with Crippen molar-refractivity contribution >= 4 is 17.9 Å². The van der Waals surface area contributed by atoms with Gasteiger partial charge in [0.25, 0.3) is 5.91 Å². The number of aromatic nitrogens is 1. The van der Waals surface area contributed by atoms with Gasteiger partial charge in [-0.15, -0.1) is 0 Å². The first-order chi connectivity index (χ1) is 13.2. The molecule has 5 nitrogen and oxygen atoms in total. The Morgan fingerprint density at radius 2 is 1.86 bits per heavy atom. The summed E-state index contributed by atoms with van der Waals surface area (Å²) in [5, 5.41) is 3.10. The molecule has 0 spiro atoms. The van der Waals surface area contributed by atoms with Crippen LogP contribution in [0.25, 0.3) is 0 Å². The predicted octanol–water partition coefficient (Wildman–Crippen LogP) is 4.56. The van der Waals surface area contributed by atoms with E-state index >= 15 is 0 Å². The first-order valence-corrected chi connectivity index (χ1v) is 10.2. The fraction of sp³-hybridized carbons (Fsp3) is 0.478. The Morgan fingerprint density at radius 1 is 1.18 bits per heavy atom. The zero-order valence-electron chi connectivity index (χ0n) is 17.9. The molecule has 1 atom stereocenters. The molecule has 5 heteroatoms. The van der Waals surface area contributed by atoms with Gasteiger partial charge in [-0.2, -0.15) is 0 Å². The van der Waals surface area contributed by atoms with E-state index in [2.05, 4.69) is 73.6 Å². The Morgan fingerprint density at radius 3 is 2.43 bits per heavy atom. The molecule has 0 fully saturated rings. The van der Waals surface area contributed by atoms with Gasteiger partial charge >= 0.3 is 0 Å². The van der Waals surface area contributed by atoms with Crippen LogP contribution in [0.5, 0.6) is 0 Å². The van der Waals surface area contributed by atoms with Crippen molar-refractivity contribution in [3.63, 3.8) is 0 Å². The summed E-state index contributed by atoms with van der Waals surface area (Å²) in [5.74, 6) is 0.995. The normalized spacial score (nSPS) is 16.4. The molecule has 0 aliphatic carbocycles. The van der Waals surface area contributed by atoms with Crippen LogP contribution in [0.3, 0.4) is 0 Å². The quantitative estimate of drug-likeness (QED) is 0.827. The highest BCUT2D eigenvalue weighted by atomic mass is 16.2. The Balaban J connectivity index is 1.86. The van der Waals surface area contributed by atoms with Gasteiger partial charge in [-0.25, -0.2) is 4.99 Å². The molecule has 1 aromatic heterocycles. The van der Waals surface area contributed by atoms with Crippen LogP contribution in [0.2, 0.25) is 0 Å². The monoisotopic (exact) mass is 380 g/mol. The van der Waals surface area contributed by atoms with Gasteiger partial charge in [0.15, 0.2) is 6.29 Å². The van der Waals surface area contributed by atoms with Crippen LogP contribution in [0, 0.1) is 0 Å². The van der Waals surface area contributed by atoms with Gasteiger partial charge in [-0.3, -0.25) is 4.79 Å². The third-order valence-electron chi connectivity index (χ3n) is 5.05. The van der Waals surface area contributed by atoms with Crippen molar-refractivity contribution in [1.82, 2.24) is 9.88 Å². The summed E-state index contributed by atoms with van der Waals surface area (Å²) in [6.45, 7) is 13.0. The molecule has 2 aromatic rings. The van der Waals surface area contributed by atoms with Gasteiger partial charge in [0.1, 0.15) is 5.82 Å². The Kier molecular flexibility index (Phi) is 5.64. The topological polar surface area (TPSA) is 49.6 Å². The summed E-state index contributed by atoms with van der Waals surface area (Å²) in [4.78, 5) is 19.7. The number of carbonyl (C=O) groups is 1. The van der Waals surface area contributed by atoms with E-state index in [0.29, 0.717) is 5.56 Å². The largest absolute Gasteiger partial charge is 0.329 e. The van der Waals surface area contributed by atoms with Gasteiger partial charge in [0.2, 0.25) is 0 Å². The van der Waals surface area contributed by atoms with Crippen LogP contribution >= 0.6 is 0 Å². The molecule has 0 saturated heterocycles. The van der Waals surface area contributed by atoms with Gasteiger partial charge < -0.3 is 14.8 Å². The van der Waals surface area contributed by atoms with Crippen molar-refractivity contribution in [2.75, 3.05) is 4.90 Å². The SMILES string of the molecule is CCCc1ccc(C(=O)NC2N=Cc3ccn(C(C)(C)C)c3N2C(C)C)cc1. The lowest BCUT2D eigenvalue weighted by atomic mass is 10.1. The molecule has 28 heavy (non-hydrogen) atoms. The second-order valence-corrected chi connectivity index (χ2v) is 8.71. The number of amides is 1. The molecule has 1 N–H and O–H groups in total. The summed E-state index contributed by atoms with van der Waals surface area (Å²) in [6, 6.07) is 10.1. The third-order valence-corrected chi connectivity index (χ3v) is 5.05. The summed E-state index contributed by atoms with van der Waals surface area (Å²) in [7, 11) is 0. The number of anilines is 1. The highest BCUT2D eigenvalue weighted by molar-refractivity contribution is 5.95. The van der Waals surface area contributed by atoms with Crippen LogP contribution < -0.4 is 10.2 Å². The van der Waals surface area contributed by atoms with E-state index in [1.165, 1.54) is 5.56 Å². The lowest BCUT2D eigenvalue weighted by Crippen LogP contribution is -2.53. The molecule has 150 valence electrons. The third kappa shape index (κ3) is 3.98. The van der Waals surface area contributed by atoms with Gasteiger partial charge in [-0.1, -0.05) is 25.5 Å². The van der Waals surface area contributed by atoms with Crippen LogP contribution in [0.4, 0.5) is 5.82 Å². The first kappa shape index (κ1) is 20.2. The number of rotatable bonds is 5. The fourth-order valence-corrected chi connectivity index (χ4v) is 3.64. The molecule has 0 bridgehead atoms. The first-order valence-electron chi connectivity index (χ1n) is 10.2. The second kappa shape index (κ2) is 7.82. The van der Waals surface area contributed by atoms with E-state index in [9.17, 15) is 4.79 Å². The average molecular weight is 381 g/mol. The Labute approximate surface area is 168 Å². The molecule has 3 rings (SSSR count). The molecule has 2 heterocycles. The number of aryl methyl sites for hydroxylation is 1. The molecule has 1 aromatic carbocycles. The Hall–Kier alpha value is -2.56. The number of nitrogens with zero attached hydrogens (tertiary/aromatic N) is 3. The van der Waals surface area contributed by atoms with Crippen molar-refractivity contribution in [3.8, 4) is 0 Å². The second-order valence-electron chi connectivity index (χ2n) is 8.71. The van der Waals surface area contributed by atoms with E-state index in [0.717, 1.165) is 24.2 Å². The van der Waals surface area contributed by atoms with E-state index in [1.807, 2.05) is 30.5 Å². The minimum atomic E-state index is -0.425. The number of hydrogen-bond acceptors (Lipinski definition) is 3. The van der Waals surface area contributed by atoms with Gasteiger partial charge in [0.05, 0.1) is 0 Å². The predicted molar refractivity (Wildman–Crippen MR) is 116 cm³/mol.